The molecule has 2 rings (SSSR count). The molecule has 0 radical (unpaired) electrons. The van der Waals surface area contributed by atoms with Crippen LogP contribution >= 0.6 is 11.6 Å². The van der Waals surface area contributed by atoms with Crippen molar-refractivity contribution < 1.29 is 4.79 Å². The molecule has 1 saturated heterocycles. The van der Waals surface area contributed by atoms with Crippen molar-refractivity contribution in [2.75, 3.05) is 12.4 Å². The van der Waals surface area contributed by atoms with Crippen LogP contribution < -0.4 is 0 Å². The van der Waals surface area contributed by atoms with E-state index < -0.39 is 0 Å². The van der Waals surface area contributed by atoms with E-state index in [0.29, 0.717) is 24.2 Å². The molecular weight excluding hydrogens is 198 g/mol. The summed E-state index contributed by atoms with van der Waals surface area (Å²) in [7, 11) is 0. The van der Waals surface area contributed by atoms with E-state index in [9.17, 15) is 4.79 Å². The zero-order chi connectivity index (χ0) is 9.97. The minimum absolute atomic E-state index is 0.363. The van der Waals surface area contributed by atoms with Crippen LogP contribution in [0, 0.1) is 5.92 Å². The van der Waals surface area contributed by atoms with Gasteiger partial charge in [-0.05, 0) is 38.0 Å². The zero-order valence-corrected chi connectivity index (χ0v) is 9.30. The van der Waals surface area contributed by atoms with Crippen molar-refractivity contribution in [1.82, 2.24) is 4.90 Å². The molecule has 80 valence electrons. The van der Waals surface area contributed by atoms with Crippen molar-refractivity contribution in [2.45, 2.75) is 44.6 Å². The molecule has 2 bridgehead atoms. The smallest absolute Gasteiger partial charge is 0.222 e. The van der Waals surface area contributed by atoms with Crippen LogP contribution in [-0.2, 0) is 4.79 Å². The van der Waals surface area contributed by atoms with Gasteiger partial charge in [-0.2, -0.15) is 0 Å². The second-order valence-electron chi connectivity index (χ2n) is 4.53. The number of carbonyl (C=O) groups excluding carboxylic acids is 1. The standard InChI is InChI=1S/C11H18ClNO/c12-6-2-1-3-11(14)13-8-9-4-5-10(13)7-9/h9-10H,1-8H2. The number of unbranched alkanes of at least 4 members (excludes halogenated alkanes) is 1. The minimum Gasteiger partial charge on any atom is -0.339 e. The molecule has 0 aromatic rings. The Morgan fingerprint density at radius 3 is 2.79 bits per heavy atom. The normalized spacial score (nSPS) is 29.9. The lowest BCUT2D eigenvalue weighted by atomic mass is 10.1. The Balaban J connectivity index is 1.75. The van der Waals surface area contributed by atoms with Gasteiger partial charge in [-0.3, -0.25) is 4.79 Å². The molecule has 0 N–H and O–H groups in total. The first-order valence-electron chi connectivity index (χ1n) is 5.66. The second-order valence-corrected chi connectivity index (χ2v) is 4.90. The van der Waals surface area contributed by atoms with Crippen LogP contribution in [0.1, 0.15) is 38.5 Å². The van der Waals surface area contributed by atoms with Crippen LogP contribution in [0.3, 0.4) is 0 Å². The molecule has 0 spiro atoms. The summed E-state index contributed by atoms with van der Waals surface area (Å²) in [5.74, 6) is 1.86. The van der Waals surface area contributed by atoms with Gasteiger partial charge in [0.05, 0.1) is 0 Å². The van der Waals surface area contributed by atoms with Crippen LogP contribution in [0.5, 0.6) is 0 Å². The molecule has 2 nitrogen and oxygen atoms in total. The number of nitrogens with zero attached hydrogens (tertiary/aromatic N) is 1. The Bertz CT molecular complexity index is 219. The van der Waals surface area contributed by atoms with Gasteiger partial charge in [-0.25, -0.2) is 0 Å². The van der Waals surface area contributed by atoms with E-state index in [4.69, 9.17) is 11.6 Å². The van der Waals surface area contributed by atoms with Crippen molar-refractivity contribution in [2.24, 2.45) is 5.92 Å². The highest BCUT2D eigenvalue weighted by atomic mass is 35.5. The average molecular weight is 216 g/mol. The summed E-state index contributed by atoms with van der Waals surface area (Å²) in [6.07, 6.45) is 6.48. The van der Waals surface area contributed by atoms with Gasteiger partial charge < -0.3 is 4.90 Å². The fraction of sp³-hybridized carbons (Fsp3) is 0.909. The molecule has 0 aromatic heterocycles. The van der Waals surface area contributed by atoms with E-state index in [1.54, 1.807) is 0 Å². The van der Waals surface area contributed by atoms with Gasteiger partial charge in [0, 0.05) is 24.9 Å². The van der Waals surface area contributed by atoms with Gasteiger partial charge in [0.1, 0.15) is 0 Å². The van der Waals surface area contributed by atoms with E-state index in [-0.39, 0.29) is 0 Å². The molecule has 2 aliphatic rings. The molecule has 1 aliphatic carbocycles. The maximum atomic E-state index is 11.8. The molecule has 1 heterocycles. The first-order valence-corrected chi connectivity index (χ1v) is 6.20. The highest BCUT2D eigenvalue weighted by Crippen LogP contribution is 2.37. The summed E-state index contributed by atoms with van der Waals surface area (Å²) >= 11 is 5.58. The second kappa shape index (κ2) is 4.52. The summed E-state index contributed by atoms with van der Waals surface area (Å²) in [6, 6.07) is 0.587. The number of halogens is 1. The number of carbonyl (C=O) groups is 1. The Morgan fingerprint density at radius 1 is 1.36 bits per heavy atom. The van der Waals surface area contributed by atoms with Gasteiger partial charge in [0.15, 0.2) is 0 Å². The van der Waals surface area contributed by atoms with Crippen molar-refractivity contribution in [3.63, 3.8) is 0 Å². The maximum absolute atomic E-state index is 11.8. The van der Waals surface area contributed by atoms with E-state index in [1.165, 1.54) is 19.3 Å². The van der Waals surface area contributed by atoms with Crippen molar-refractivity contribution in [1.29, 1.82) is 0 Å². The zero-order valence-electron chi connectivity index (χ0n) is 8.54. The van der Waals surface area contributed by atoms with Gasteiger partial charge in [0.2, 0.25) is 5.91 Å². The van der Waals surface area contributed by atoms with Gasteiger partial charge in [0.25, 0.3) is 0 Å². The first kappa shape index (κ1) is 10.3. The van der Waals surface area contributed by atoms with Crippen LogP contribution in [-0.4, -0.2) is 29.3 Å². The fourth-order valence-electron chi connectivity index (χ4n) is 2.74. The third-order valence-electron chi connectivity index (χ3n) is 3.50. The molecule has 1 amide bonds. The molecule has 2 fully saturated rings. The molecule has 2 atom stereocenters. The molecule has 1 aliphatic heterocycles. The fourth-order valence-corrected chi connectivity index (χ4v) is 2.93. The summed E-state index contributed by atoms with van der Waals surface area (Å²) in [5, 5.41) is 0. The highest BCUT2D eigenvalue weighted by molar-refractivity contribution is 6.17. The number of rotatable bonds is 4. The van der Waals surface area contributed by atoms with Gasteiger partial charge in [-0.1, -0.05) is 0 Å². The molecule has 2 unspecified atom stereocenters. The third-order valence-corrected chi connectivity index (χ3v) is 3.77. The lowest BCUT2D eigenvalue weighted by Gasteiger charge is -2.27. The SMILES string of the molecule is O=C(CCCCCl)N1CC2CCC1C2. The van der Waals surface area contributed by atoms with Gasteiger partial charge in [-0.15, -0.1) is 11.6 Å². The minimum atomic E-state index is 0.363. The van der Waals surface area contributed by atoms with E-state index in [1.807, 2.05) is 0 Å². The van der Waals surface area contributed by atoms with Crippen molar-refractivity contribution in [3.05, 3.63) is 0 Å². The number of hydrogen-bond acceptors (Lipinski definition) is 1. The number of alkyl halides is 1. The summed E-state index contributed by atoms with van der Waals surface area (Å²) < 4.78 is 0. The number of fused-ring (bicyclic) bond motifs is 2. The van der Waals surface area contributed by atoms with Crippen LogP contribution in [0.2, 0.25) is 0 Å². The largest absolute Gasteiger partial charge is 0.339 e. The topological polar surface area (TPSA) is 20.3 Å². The van der Waals surface area contributed by atoms with Crippen LogP contribution in [0.15, 0.2) is 0 Å². The molecule has 1 saturated carbocycles. The number of piperidine rings is 1. The number of hydrogen-bond donors (Lipinski definition) is 0. The Morgan fingerprint density at radius 2 is 2.21 bits per heavy atom. The van der Waals surface area contributed by atoms with Crippen LogP contribution in [0.4, 0.5) is 0 Å². The number of likely N-dealkylation sites (tertiary alicyclic amines) is 1. The number of amides is 1. The molecule has 14 heavy (non-hydrogen) atoms. The summed E-state index contributed by atoms with van der Waals surface area (Å²) in [6.45, 7) is 1.03. The van der Waals surface area contributed by atoms with E-state index in [0.717, 1.165) is 25.3 Å². The summed E-state index contributed by atoms with van der Waals surface area (Å²) in [5.41, 5.74) is 0. The maximum Gasteiger partial charge on any atom is 0.222 e. The molecule has 0 aromatic carbocycles. The monoisotopic (exact) mass is 215 g/mol. The van der Waals surface area contributed by atoms with Crippen molar-refractivity contribution in [3.8, 4) is 0 Å². The highest BCUT2D eigenvalue weighted by Gasteiger charge is 2.39. The summed E-state index contributed by atoms with van der Waals surface area (Å²) in [4.78, 5) is 13.9. The lowest BCUT2D eigenvalue weighted by Crippen LogP contribution is -2.37. The van der Waals surface area contributed by atoms with Crippen LogP contribution in [0.25, 0.3) is 0 Å². The predicted molar refractivity (Wildman–Crippen MR) is 57.4 cm³/mol. The first-order chi connectivity index (χ1) is 6.81. The van der Waals surface area contributed by atoms with E-state index >= 15 is 0 Å². The molecular formula is C11H18ClNO. The van der Waals surface area contributed by atoms with E-state index in [2.05, 4.69) is 4.90 Å². The average Bonchev–Trinajstić information content (AvgIpc) is 2.79. The predicted octanol–water partition coefficient (Wildman–Crippen LogP) is 2.41. The third kappa shape index (κ3) is 2.05. The lowest BCUT2D eigenvalue weighted by molar-refractivity contribution is -0.132. The van der Waals surface area contributed by atoms with Gasteiger partial charge >= 0.3 is 0 Å². The Kier molecular flexibility index (Phi) is 3.32. The van der Waals surface area contributed by atoms with Crippen molar-refractivity contribution >= 4 is 17.5 Å². The Labute approximate surface area is 90.6 Å². The quantitative estimate of drug-likeness (QED) is 0.521. The Hall–Kier alpha value is -0.240. The molecule has 3 heteroatoms.